The first-order valence-corrected chi connectivity index (χ1v) is 8.48. The number of rotatable bonds is 6. The Balaban J connectivity index is 1.79. The lowest BCUT2D eigenvalue weighted by Gasteiger charge is -2.06. The predicted octanol–water partition coefficient (Wildman–Crippen LogP) is 2.81. The van der Waals surface area contributed by atoms with Gasteiger partial charge in [-0.05, 0) is 11.6 Å². The molecule has 0 aliphatic heterocycles. The fourth-order valence-corrected chi connectivity index (χ4v) is 2.94. The Morgan fingerprint density at radius 2 is 1.89 bits per heavy atom. The summed E-state index contributed by atoms with van der Waals surface area (Å²) >= 11 is 0. The number of benzene rings is 1. The third-order valence-electron chi connectivity index (χ3n) is 4.10. The highest BCUT2D eigenvalue weighted by Gasteiger charge is 2.17. The summed E-state index contributed by atoms with van der Waals surface area (Å²) in [5.41, 5.74) is 3.45. The molecule has 0 atom stereocenters. The van der Waals surface area contributed by atoms with Gasteiger partial charge >= 0.3 is 0 Å². The van der Waals surface area contributed by atoms with E-state index in [1.807, 2.05) is 42.5 Å². The number of aromatic amines is 1. The number of nitrogens with zero attached hydrogens (tertiary/aromatic N) is 3. The summed E-state index contributed by atoms with van der Waals surface area (Å²) in [6.45, 7) is 0.495. The fraction of sp³-hybridized carbons (Fsp3) is 0.150. The maximum atomic E-state index is 12.6. The van der Waals surface area contributed by atoms with Gasteiger partial charge in [0.15, 0.2) is 5.65 Å². The van der Waals surface area contributed by atoms with E-state index >= 15 is 0 Å². The molecule has 0 aliphatic carbocycles. The number of fused-ring (bicyclic) bond motifs is 1. The van der Waals surface area contributed by atoms with Gasteiger partial charge in [-0.15, -0.1) is 0 Å². The molecule has 7 heteroatoms. The first kappa shape index (κ1) is 17.0. The molecular formula is C20H18N4O3. The second kappa shape index (κ2) is 7.43. The van der Waals surface area contributed by atoms with Crippen molar-refractivity contribution in [3.63, 3.8) is 0 Å². The van der Waals surface area contributed by atoms with E-state index in [4.69, 9.17) is 9.47 Å². The van der Waals surface area contributed by atoms with Crippen molar-refractivity contribution in [2.24, 2.45) is 0 Å². The minimum atomic E-state index is -0.209. The maximum Gasteiger partial charge on any atom is 0.273 e. The van der Waals surface area contributed by atoms with Crippen LogP contribution in [0.4, 0.5) is 0 Å². The van der Waals surface area contributed by atoms with Gasteiger partial charge in [-0.1, -0.05) is 36.4 Å². The Morgan fingerprint density at radius 1 is 1.07 bits per heavy atom. The van der Waals surface area contributed by atoms with Crippen LogP contribution in [-0.2, 0) is 18.0 Å². The molecule has 0 bridgehead atoms. The zero-order chi connectivity index (χ0) is 18.6. The molecule has 0 radical (unpaired) electrons. The quantitative estimate of drug-likeness (QED) is 0.570. The van der Waals surface area contributed by atoms with Gasteiger partial charge in [-0.2, -0.15) is 0 Å². The highest BCUT2D eigenvalue weighted by Crippen LogP contribution is 2.27. The molecule has 0 spiro atoms. The molecule has 0 aliphatic rings. The van der Waals surface area contributed by atoms with E-state index in [-0.39, 0.29) is 12.2 Å². The van der Waals surface area contributed by atoms with Gasteiger partial charge < -0.3 is 9.47 Å². The maximum absolute atomic E-state index is 12.6. The second-order valence-electron chi connectivity index (χ2n) is 5.97. The Hall–Kier alpha value is -3.45. The topological polar surface area (TPSA) is 81.5 Å². The van der Waals surface area contributed by atoms with Crippen LogP contribution in [-0.4, -0.2) is 26.7 Å². The number of ether oxygens (including phenoxy) is 2. The third kappa shape index (κ3) is 3.45. The lowest BCUT2D eigenvalue weighted by Crippen LogP contribution is -2.16. The number of H-pyrrole nitrogens is 1. The second-order valence-corrected chi connectivity index (χ2v) is 5.97. The van der Waals surface area contributed by atoms with E-state index in [0.717, 1.165) is 16.8 Å². The Bertz CT molecular complexity index is 1100. The fourth-order valence-electron chi connectivity index (χ4n) is 2.94. The average Bonchev–Trinajstić information content (AvgIpc) is 3.07. The number of hydrogen-bond acceptors (Lipinski definition) is 5. The SMILES string of the molecule is COCc1[nH]n2c(=O)cc(COc3ccccn3)nc2c1-c1ccccc1. The monoisotopic (exact) mass is 362 g/mol. The normalized spacial score (nSPS) is 11.0. The minimum Gasteiger partial charge on any atom is -0.471 e. The van der Waals surface area contributed by atoms with E-state index in [0.29, 0.717) is 23.8 Å². The van der Waals surface area contributed by atoms with Crippen LogP contribution in [0.15, 0.2) is 65.6 Å². The lowest BCUT2D eigenvalue weighted by atomic mass is 10.1. The molecule has 0 unspecified atom stereocenters. The van der Waals surface area contributed by atoms with Crippen LogP contribution in [0, 0.1) is 0 Å². The summed E-state index contributed by atoms with van der Waals surface area (Å²) in [6.07, 6.45) is 1.65. The van der Waals surface area contributed by atoms with Gasteiger partial charge in [0, 0.05) is 31.0 Å². The zero-order valence-electron chi connectivity index (χ0n) is 14.8. The molecule has 0 saturated carbocycles. The first-order valence-electron chi connectivity index (χ1n) is 8.48. The average molecular weight is 362 g/mol. The van der Waals surface area contributed by atoms with Crippen LogP contribution < -0.4 is 10.3 Å². The first-order chi connectivity index (χ1) is 13.3. The number of aromatic nitrogens is 4. The summed E-state index contributed by atoms with van der Waals surface area (Å²) in [7, 11) is 1.61. The summed E-state index contributed by atoms with van der Waals surface area (Å²) in [6, 6.07) is 16.7. The van der Waals surface area contributed by atoms with Crippen molar-refractivity contribution in [2.75, 3.05) is 7.11 Å². The third-order valence-corrected chi connectivity index (χ3v) is 4.10. The van der Waals surface area contributed by atoms with Crippen molar-refractivity contribution in [3.05, 3.63) is 82.5 Å². The summed E-state index contributed by atoms with van der Waals surface area (Å²) in [5.74, 6) is 0.483. The lowest BCUT2D eigenvalue weighted by molar-refractivity contribution is 0.181. The summed E-state index contributed by atoms with van der Waals surface area (Å²) < 4.78 is 12.4. The molecule has 0 amide bonds. The predicted molar refractivity (Wildman–Crippen MR) is 101 cm³/mol. The van der Waals surface area contributed by atoms with Crippen molar-refractivity contribution in [3.8, 4) is 17.0 Å². The largest absolute Gasteiger partial charge is 0.471 e. The van der Waals surface area contributed by atoms with Gasteiger partial charge in [0.2, 0.25) is 5.88 Å². The molecule has 3 heterocycles. The number of nitrogens with one attached hydrogen (secondary N) is 1. The van der Waals surface area contributed by atoms with E-state index in [1.54, 1.807) is 19.4 Å². The number of methoxy groups -OCH3 is 1. The Labute approximate surface area is 155 Å². The van der Waals surface area contributed by atoms with E-state index in [9.17, 15) is 4.79 Å². The Kier molecular flexibility index (Phi) is 4.67. The van der Waals surface area contributed by atoms with Gasteiger partial charge in [0.1, 0.15) is 6.61 Å². The number of pyridine rings is 1. The smallest absolute Gasteiger partial charge is 0.273 e. The minimum absolute atomic E-state index is 0.155. The van der Waals surface area contributed by atoms with Gasteiger partial charge in [-0.25, -0.2) is 14.5 Å². The molecule has 1 N–H and O–H groups in total. The molecule has 27 heavy (non-hydrogen) atoms. The summed E-state index contributed by atoms with van der Waals surface area (Å²) in [4.78, 5) is 21.4. The molecular weight excluding hydrogens is 344 g/mol. The van der Waals surface area contributed by atoms with Crippen molar-refractivity contribution in [2.45, 2.75) is 13.2 Å². The van der Waals surface area contributed by atoms with Crippen molar-refractivity contribution >= 4 is 5.65 Å². The van der Waals surface area contributed by atoms with Gasteiger partial charge in [0.25, 0.3) is 5.56 Å². The molecule has 4 aromatic rings. The van der Waals surface area contributed by atoms with Gasteiger partial charge in [0.05, 0.1) is 18.0 Å². The van der Waals surface area contributed by atoms with Crippen LogP contribution in [0.3, 0.4) is 0 Å². The van der Waals surface area contributed by atoms with E-state index in [1.165, 1.54) is 10.6 Å². The summed E-state index contributed by atoms with van der Waals surface area (Å²) in [5, 5.41) is 3.10. The molecule has 1 aromatic carbocycles. The standard InChI is InChI=1S/C20H18N4O3/c1-26-13-16-19(14-7-3-2-4-8-14)20-22-15(11-18(25)24(20)23-16)12-27-17-9-5-6-10-21-17/h2-11,23H,12-13H2,1H3. The van der Waals surface area contributed by atoms with Crippen molar-refractivity contribution in [1.82, 2.24) is 19.6 Å². The molecule has 0 fully saturated rings. The number of hydrogen-bond donors (Lipinski definition) is 1. The van der Waals surface area contributed by atoms with Crippen LogP contribution in [0.5, 0.6) is 5.88 Å². The highest BCUT2D eigenvalue weighted by atomic mass is 16.5. The van der Waals surface area contributed by atoms with Crippen LogP contribution in [0.1, 0.15) is 11.4 Å². The van der Waals surface area contributed by atoms with Crippen molar-refractivity contribution in [1.29, 1.82) is 0 Å². The highest BCUT2D eigenvalue weighted by molar-refractivity contribution is 5.79. The van der Waals surface area contributed by atoms with Crippen LogP contribution >= 0.6 is 0 Å². The van der Waals surface area contributed by atoms with Crippen LogP contribution in [0.25, 0.3) is 16.8 Å². The van der Waals surface area contributed by atoms with Crippen molar-refractivity contribution < 1.29 is 9.47 Å². The van der Waals surface area contributed by atoms with E-state index in [2.05, 4.69) is 15.1 Å². The molecule has 3 aromatic heterocycles. The molecule has 4 rings (SSSR count). The molecule has 136 valence electrons. The van der Waals surface area contributed by atoms with Gasteiger partial charge in [-0.3, -0.25) is 9.89 Å². The van der Waals surface area contributed by atoms with E-state index < -0.39 is 0 Å². The molecule has 0 saturated heterocycles. The van der Waals surface area contributed by atoms with Crippen LogP contribution in [0.2, 0.25) is 0 Å². The zero-order valence-corrected chi connectivity index (χ0v) is 14.8. The Morgan fingerprint density at radius 3 is 2.63 bits per heavy atom. The molecule has 7 nitrogen and oxygen atoms in total.